The number of hydrogen-bond acceptors (Lipinski definition) is 1. The van der Waals surface area contributed by atoms with E-state index in [2.05, 4.69) is 5.32 Å². The van der Waals surface area contributed by atoms with Crippen molar-refractivity contribution in [2.24, 2.45) is 0 Å². The first kappa shape index (κ1) is 7.28. The second kappa shape index (κ2) is 2.30. The van der Waals surface area contributed by atoms with Crippen LogP contribution in [0.3, 0.4) is 0 Å². The van der Waals surface area contributed by atoms with Crippen molar-refractivity contribution >= 4 is 11.6 Å². The van der Waals surface area contributed by atoms with Gasteiger partial charge in [-0.15, -0.1) is 0 Å². The number of halogens is 1. The Kier molecular flexibility index (Phi) is 1.40. The Labute approximate surface area is 69.4 Å². The monoisotopic (exact) mass is 165 g/mol. The first-order chi connectivity index (χ1) is 5.70. The van der Waals surface area contributed by atoms with Crippen LogP contribution in [0.4, 0.5) is 10.1 Å². The number of nitrogens with one attached hydrogen (secondary N) is 1. The van der Waals surface area contributed by atoms with Crippen LogP contribution < -0.4 is 5.32 Å². The van der Waals surface area contributed by atoms with Crippen molar-refractivity contribution in [3.8, 4) is 0 Å². The van der Waals surface area contributed by atoms with E-state index in [9.17, 15) is 9.18 Å². The third-order valence-electron chi connectivity index (χ3n) is 2.14. The molecule has 0 unspecified atom stereocenters. The summed E-state index contributed by atoms with van der Waals surface area (Å²) in [6, 6.07) is 4.67. The molecule has 0 spiro atoms. The van der Waals surface area contributed by atoms with Crippen LogP contribution >= 0.6 is 0 Å². The number of carbonyl (C=O) groups excluding carboxylic acids is 1. The molecular formula is C9H8FNO. The van der Waals surface area contributed by atoms with Gasteiger partial charge in [-0.2, -0.15) is 0 Å². The Morgan fingerprint density at radius 3 is 2.92 bits per heavy atom. The predicted molar refractivity (Wildman–Crippen MR) is 43.4 cm³/mol. The van der Waals surface area contributed by atoms with Gasteiger partial charge in [-0.05, 0) is 19.1 Å². The maximum absolute atomic E-state index is 13.1. The fraction of sp³-hybridized carbons (Fsp3) is 0.222. The highest BCUT2D eigenvalue weighted by Crippen LogP contribution is 2.33. The van der Waals surface area contributed by atoms with E-state index < -0.39 is 0 Å². The molecule has 0 aromatic heterocycles. The van der Waals surface area contributed by atoms with Crippen molar-refractivity contribution in [1.29, 1.82) is 0 Å². The Morgan fingerprint density at radius 2 is 2.25 bits per heavy atom. The zero-order valence-electron chi connectivity index (χ0n) is 6.60. The summed E-state index contributed by atoms with van der Waals surface area (Å²) in [6.07, 6.45) is 0. The van der Waals surface area contributed by atoms with Crippen LogP contribution in [-0.4, -0.2) is 5.91 Å². The standard InChI is InChI=1S/C9H8FNO/c1-5-8-6(10)3-2-4-7(8)11-9(5)12/h2-5H,1H3,(H,11,12)/t5-/m1/s1. The third kappa shape index (κ3) is 0.826. The van der Waals surface area contributed by atoms with Crippen molar-refractivity contribution in [2.45, 2.75) is 12.8 Å². The summed E-state index contributed by atoms with van der Waals surface area (Å²) in [6.45, 7) is 1.70. The predicted octanol–water partition coefficient (Wildman–Crippen LogP) is 1.88. The first-order valence-electron chi connectivity index (χ1n) is 3.79. The lowest BCUT2D eigenvalue weighted by Gasteiger charge is -2.00. The number of fused-ring (bicyclic) bond motifs is 1. The molecule has 0 saturated heterocycles. The van der Waals surface area contributed by atoms with Crippen LogP contribution in [0.5, 0.6) is 0 Å². The number of carbonyl (C=O) groups is 1. The average Bonchev–Trinajstić information content (AvgIpc) is 2.29. The Balaban J connectivity index is 2.62. The van der Waals surface area contributed by atoms with Crippen LogP contribution in [0.2, 0.25) is 0 Å². The van der Waals surface area contributed by atoms with E-state index in [0.29, 0.717) is 11.3 Å². The molecule has 0 bridgehead atoms. The zero-order valence-corrected chi connectivity index (χ0v) is 6.60. The lowest BCUT2D eigenvalue weighted by atomic mass is 10.0. The van der Waals surface area contributed by atoms with Gasteiger partial charge in [0.15, 0.2) is 0 Å². The summed E-state index contributed by atoms with van der Waals surface area (Å²) >= 11 is 0. The molecule has 1 aliphatic heterocycles. The molecule has 12 heavy (non-hydrogen) atoms. The summed E-state index contributed by atoms with van der Waals surface area (Å²) in [5, 5.41) is 2.61. The van der Waals surface area contributed by atoms with Crippen molar-refractivity contribution in [3.05, 3.63) is 29.6 Å². The third-order valence-corrected chi connectivity index (χ3v) is 2.14. The number of hydrogen-bond donors (Lipinski definition) is 1. The van der Waals surface area contributed by atoms with Crippen LogP contribution in [0.25, 0.3) is 0 Å². The molecule has 2 nitrogen and oxygen atoms in total. The molecule has 0 saturated carbocycles. The molecule has 1 atom stereocenters. The van der Waals surface area contributed by atoms with E-state index in [1.165, 1.54) is 6.07 Å². The zero-order chi connectivity index (χ0) is 8.72. The van der Waals surface area contributed by atoms with E-state index >= 15 is 0 Å². The van der Waals surface area contributed by atoms with Crippen LogP contribution in [0, 0.1) is 5.82 Å². The Morgan fingerprint density at radius 1 is 1.50 bits per heavy atom. The van der Waals surface area contributed by atoms with Gasteiger partial charge in [-0.1, -0.05) is 6.07 Å². The molecule has 1 aromatic rings. The van der Waals surface area contributed by atoms with Gasteiger partial charge in [0.1, 0.15) is 5.82 Å². The van der Waals surface area contributed by atoms with E-state index in [-0.39, 0.29) is 17.6 Å². The minimum atomic E-state index is -0.360. The number of benzene rings is 1. The van der Waals surface area contributed by atoms with Crippen molar-refractivity contribution in [3.63, 3.8) is 0 Å². The van der Waals surface area contributed by atoms with Gasteiger partial charge in [-0.25, -0.2) is 4.39 Å². The minimum Gasteiger partial charge on any atom is -0.325 e. The maximum Gasteiger partial charge on any atom is 0.231 e. The largest absolute Gasteiger partial charge is 0.325 e. The van der Waals surface area contributed by atoms with Crippen molar-refractivity contribution < 1.29 is 9.18 Å². The molecule has 1 aromatic carbocycles. The number of anilines is 1. The molecule has 0 fully saturated rings. The Hall–Kier alpha value is -1.38. The van der Waals surface area contributed by atoms with Crippen LogP contribution in [0.15, 0.2) is 18.2 Å². The normalized spacial score (nSPS) is 20.5. The van der Waals surface area contributed by atoms with Gasteiger partial charge >= 0.3 is 0 Å². The highest BCUT2D eigenvalue weighted by Gasteiger charge is 2.28. The van der Waals surface area contributed by atoms with Gasteiger partial charge in [-0.3, -0.25) is 4.79 Å². The van der Waals surface area contributed by atoms with E-state index in [1.54, 1.807) is 19.1 Å². The molecule has 0 aliphatic carbocycles. The van der Waals surface area contributed by atoms with Crippen molar-refractivity contribution in [1.82, 2.24) is 0 Å². The van der Waals surface area contributed by atoms with Gasteiger partial charge < -0.3 is 5.32 Å². The van der Waals surface area contributed by atoms with Crippen LogP contribution in [-0.2, 0) is 4.79 Å². The van der Waals surface area contributed by atoms with Gasteiger partial charge in [0.25, 0.3) is 0 Å². The first-order valence-corrected chi connectivity index (χ1v) is 3.79. The lowest BCUT2D eigenvalue weighted by Crippen LogP contribution is -2.08. The fourth-order valence-electron chi connectivity index (χ4n) is 1.46. The molecule has 1 N–H and O–H groups in total. The van der Waals surface area contributed by atoms with Crippen LogP contribution in [0.1, 0.15) is 18.4 Å². The highest BCUT2D eigenvalue weighted by atomic mass is 19.1. The van der Waals surface area contributed by atoms with Gasteiger partial charge in [0.05, 0.1) is 5.92 Å². The topological polar surface area (TPSA) is 29.1 Å². The van der Waals surface area contributed by atoms with E-state index in [4.69, 9.17) is 0 Å². The number of rotatable bonds is 0. The molecular weight excluding hydrogens is 157 g/mol. The molecule has 1 amide bonds. The summed E-state index contributed by atoms with van der Waals surface area (Å²) in [5.41, 5.74) is 1.09. The van der Waals surface area contributed by atoms with Gasteiger partial charge in [0.2, 0.25) is 5.91 Å². The van der Waals surface area contributed by atoms with Crippen molar-refractivity contribution in [2.75, 3.05) is 5.32 Å². The fourth-order valence-corrected chi connectivity index (χ4v) is 1.46. The molecule has 3 heteroatoms. The second-order valence-corrected chi connectivity index (χ2v) is 2.91. The summed E-state index contributed by atoms with van der Waals surface area (Å²) in [4.78, 5) is 11.1. The SMILES string of the molecule is C[C@H]1C(=O)Nc2cccc(F)c21. The molecule has 62 valence electrons. The van der Waals surface area contributed by atoms with E-state index in [1.807, 2.05) is 0 Å². The van der Waals surface area contributed by atoms with E-state index in [0.717, 1.165) is 0 Å². The number of amides is 1. The quantitative estimate of drug-likeness (QED) is 0.624. The smallest absolute Gasteiger partial charge is 0.231 e. The molecule has 1 aliphatic rings. The highest BCUT2D eigenvalue weighted by molar-refractivity contribution is 6.02. The lowest BCUT2D eigenvalue weighted by molar-refractivity contribution is -0.116. The Bertz CT molecular complexity index is 348. The summed E-state index contributed by atoms with van der Waals surface area (Å²) in [7, 11) is 0. The summed E-state index contributed by atoms with van der Waals surface area (Å²) < 4.78 is 13.1. The maximum atomic E-state index is 13.1. The average molecular weight is 165 g/mol. The second-order valence-electron chi connectivity index (χ2n) is 2.91. The summed E-state index contributed by atoms with van der Waals surface area (Å²) in [5.74, 6) is -0.797. The molecule has 2 rings (SSSR count). The molecule has 1 heterocycles. The minimum absolute atomic E-state index is 0.130. The molecule has 0 radical (unpaired) electrons. The van der Waals surface area contributed by atoms with Gasteiger partial charge in [0, 0.05) is 11.3 Å².